The van der Waals surface area contributed by atoms with Gasteiger partial charge in [0, 0.05) is 11.6 Å². The van der Waals surface area contributed by atoms with E-state index in [0.29, 0.717) is 23.7 Å². The number of carboxylic acid groups (broad SMARTS) is 1. The minimum Gasteiger partial charge on any atom is -0.530 e. The number of carbonyl (C=O) groups is 1. The van der Waals surface area contributed by atoms with Crippen molar-refractivity contribution >= 4 is 23.4 Å². The molecule has 0 saturated carbocycles. The first-order valence-corrected chi connectivity index (χ1v) is 6.22. The van der Waals surface area contributed by atoms with Crippen molar-refractivity contribution in [3.63, 3.8) is 0 Å². The Morgan fingerprint density at radius 1 is 1.40 bits per heavy atom. The van der Waals surface area contributed by atoms with E-state index < -0.39 is 6.09 Å². The van der Waals surface area contributed by atoms with Gasteiger partial charge in [0.2, 0.25) is 5.88 Å². The van der Waals surface area contributed by atoms with E-state index >= 15 is 0 Å². The highest BCUT2D eigenvalue weighted by Crippen LogP contribution is 2.27. The Labute approximate surface area is 120 Å². The van der Waals surface area contributed by atoms with Crippen LogP contribution in [-0.2, 0) is 0 Å². The van der Waals surface area contributed by atoms with Gasteiger partial charge in [-0.05, 0) is 19.1 Å². The number of halogens is 1. The lowest BCUT2D eigenvalue weighted by atomic mass is 10.1. The monoisotopic (exact) mass is 292 g/mol. The Bertz CT molecular complexity index is 634. The fourth-order valence-corrected chi connectivity index (χ4v) is 1.81. The zero-order valence-corrected chi connectivity index (χ0v) is 11.3. The molecule has 1 aromatic carbocycles. The van der Waals surface area contributed by atoms with Crippen molar-refractivity contribution < 1.29 is 14.6 Å². The van der Waals surface area contributed by atoms with E-state index in [9.17, 15) is 9.90 Å². The predicted octanol–water partition coefficient (Wildman–Crippen LogP) is 1.95. The third-order valence-corrected chi connectivity index (χ3v) is 2.56. The first-order chi connectivity index (χ1) is 9.60. The number of benzene rings is 1. The number of anilines is 1. The largest absolute Gasteiger partial charge is 0.530 e. The third kappa shape index (κ3) is 3.36. The molecule has 1 amide bonds. The number of hydrogen-bond donors (Lipinski definition) is 1. The zero-order valence-electron chi connectivity index (χ0n) is 10.6. The number of aromatic nitrogens is 2. The normalized spacial score (nSPS) is 10.1. The van der Waals surface area contributed by atoms with E-state index in [4.69, 9.17) is 16.3 Å². The summed E-state index contributed by atoms with van der Waals surface area (Å²) in [5, 5.41) is 13.1. The van der Waals surface area contributed by atoms with Gasteiger partial charge in [0.15, 0.2) is 5.82 Å². The second-order valence-electron chi connectivity index (χ2n) is 3.74. The van der Waals surface area contributed by atoms with Crippen LogP contribution in [0.3, 0.4) is 0 Å². The van der Waals surface area contributed by atoms with Crippen LogP contribution in [0.1, 0.15) is 6.92 Å². The van der Waals surface area contributed by atoms with Gasteiger partial charge >= 0.3 is 0 Å². The molecule has 6 nitrogen and oxygen atoms in total. The summed E-state index contributed by atoms with van der Waals surface area (Å²) in [6.45, 7) is 2.26. The number of ether oxygens (including phenoxy) is 1. The Kier molecular flexibility index (Phi) is 4.37. The molecular weight excluding hydrogens is 282 g/mol. The lowest BCUT2D eigenvalue weighted by Gasteiger charge is -2.12. The van der Waals surface area contributed by atoms with Crippen LogP contribution in [-0.4, -0.2) is 22.7 Å². The lowest BCUT2D eigenvalue weighted by molar-refractivity contribution is -0.242. The smallest absolute Gasteiger partial charge is 0.218 e. The van der Waals surface area contributed by atoms with Crippen LogP contribution < -0.4 is 15.2 Å². The fourth-order valence-electron chi connectivity index (χ4n) is 1.64. The van der Waals surface area contributed by atoms with E-state index in [1.165, 1.54) is 6.07 Å². The van der Waals surface area contributed by atoms with E-state index in [1.54, 1.807) is 24.3 Å². The number of rotatable bonds is 4. The molecule has 0 fully saturated rings. The molecule has 0 saturated heterocycles. The van der Waals surface area contributed by atoms with Gasteiger partial charge in [0.1, 0.15) is 11.2 Å². The van der Waals surface area contributed by atoms with Crippen molar-refractivity contribution in [2.75, 3.05) is 11.9 Å². The van der Waals surface area contributed by atoms with E-state index in [0.717, 1.165) is 0 Å². The summed E-state index contributed by atoms with van der Waals surface area (Å²) in [5.74, 6) is 0.594. The number of nitrogens with one attached hydrogen (secondary N) is 1. The molecule has 0 spiro atoms. The van der Waals surface area contributed by atoms with E-state index in [1.807, 2.05) is 6.92 Å². The van der Waals surface area contributed by atoms with Crippen LogP contribution in [0.25, 0.3) is 11.4 Å². The molecule has 0 aliphatic rings. The summed E-state index contributed by atoms with van der Waals surface area (Å²) < 4.78 is 5.29. The molecule has 104 valence electrons. The molecule has 0 atom stereocenters. The molecule has 1 heterocycles. The second-order valence-corrected chi connectivity index (χ2v) is 4.13. The molecule has 0 aliphatic carbocycles. The average molecular weight is 293 g/mol. The maximum absolute atomic E-state index is 10.7. The molecular formula is C13H11ClN3O3-. The van der Waals surface area contributed by atoms with Gasteiger partial charge in [0.25, 0.3) is 0 Å². The molecule has 20 heavy (non-hydrogen) atoms. The van der Waals surface area contributed by atoms with Crippen molar-refractivity contribution in [2.45, 2.75) is 6.92 Å². The van der Waals surface area contributed by atoms with Gasteiger partial charge in [-0.3, -0.25) is 0 Å². The second kappa shape index (κ2) is 6.21. The van der Waals surface area contributed by atoms with Gasteiger partial charge < -0.3 is 20.0 Å². The Morgan fingerprint density at radius 2 is 2.15 bits per heavy atom. The molecule has 1 N–H and O–H groups in total. The minimum absolute atomic E-state index is 0.210. The highest BCUT2D eigenvalue weighted by molar-refractivity contribution is 6.29. The number of hydrogen-bond acceptors (Lipinski definition) is 5. The first kappa shape index (κ1) is 14.1. The molecule has 0 radical (unpaired) electrons. The van der Waals surface area contributed by atoms with Crippen molar-refractivity contribution in [3.8, 4) is 17.3 Å². The predicted molar refractivity (Wildman–Crippen MR) is 72.7 cm³/mol. The van der Waals surface area contributed by atoms with Gasteiger partial charge in [-0.1, -0.05) is 23.7 Å². The fraction of sp³-hybridized carbons (Fsp3) is 0.154. The van der Waals surface area contributed by atoms with Crippen LogP contribution >= 0.6 is 11.6 Å². The molecule has 0 unspecified atom stereocenters. The SMILES string of the molecule is CCOc1cc(Cl)nc(-c2ccccc2NC(=O)[O-])n1. The van der Waals surface area contributed by atoms with Crippen molar-refractivity contribution in [2.24, 2.45) is 0 Å². The first-order valence-electron chi connectivity index (χ1n) is 5.85. The molecule has 2 aromatic rings. The highest BCUT2D eigenvalue weighted by atomic mass is 35.5. The summed E-state index contributed by atoms with van der Waals surface area (Å²) >= 11 is 5.91. The van der Waals surface area contributed by atoms with Crippen molar-refractivity contribution in [3.05, 3.63) is 35.5 Å². The Hall–Kier alpha value is -2.34. The van der Waals surface area contributed by atoms with Gasteiger partial charge in [-0.2, -0.15) is 4.98 Å². The molecule has 7 heteroatoms. The number of nitrogens with zero attached hydrogens (tertiary/aromatic N) is 2. The van der Waals surface area contributed by atoms with Crippen LogP contribution in [0.2, 0.25) is 5.15 Å². The van der Waals surface area contributed by atoms with Crippen molar-refractivity contribution in [1.29, 1.82) is 0 Å². The summed E-state index contributed by atoms with van der Waals surface area (Å²) in [7, 11) is 0. The standard InChI is InChI=1S/C13H12ClN3O3/c1-2-20-11-7-10(14)16-12(17-11)8-5-3-4-6-9(8)15-13(18)19/h3-7,15H,2H2,1H3,(H,18,19)/p-1. The quantitative estimate of drug-likeness (QED) is 0.870. The topological polar surface area (TPSA) is 87.2 Å². The Balaban J connectivity index is 2.47. The van der Waals surface area contributed by atoms with Crippen LogP contribution in [0.5, 0.6) is 5.88 Å². The van der Waals surface area contributed by atoms with Gasteiger partial charge in [-0.25, -0.2) is 4.98 Å². The van der Waals surface area contributed by atoms with Gasteiger partial charge in [0.05, 0.1) is 12.3 Å². The minimum atomic E-state index is -1.41. The molecule has 0 aliphatic heterocycles. The Morgan fingerprint density at radius 3 is 2.85 bits per heavy atom. The molecule has 2 rings (SSSR count). The zero-order chi connectivity index (χ0) is 14.5. The van der Waals surface area contributed by atoms with Gasteiger partial charge in [-0.15, -0.1) is 0 Å². The summed E-state index contributed by atoms with van der Waals surface area (Å²) in [6, 6.07) is 8.16. The average Bonchev–Trinajstić information content (AvgIpc) is 2.38. The van der Waals surface area contributed by atoms with Crippen LogP contribution in [0.15, 0.2) is 30.3 Å². The number of amides is 1. The number of carbonyl (C=O) groups excluding carboxylic acids is 1. The van der Waals surface area contributed by atoms with Crippen molar-refractivity contribution in [1.82, 2.24) is 9.97 Å². The lowest BCUT2D eigenvalue weighted by Crippen LogP contribution is -2.29. The van der Waals surface area contributed by atoms with Crippen LogP contribution in [0.4, 0.5) is 10.5 Å². The summed E-state index contributed by atoms with van der Waals surface area (Å²) in [5.41, 5.74) is 0.803. The number of para-hydroxylation sites is 1. The van der Waals surface area contributed by atoms with E-state index in [2.05, 4.69) is 15.3 Å². The molecule has 0 bridgehead atoms. The highest BCUT2D eigenvalue weighted by Gasteiger charge is 2.10. The van der Waals surface area contributed by atoms with Crippen LogP contribution in [0, 0.1) is 0 Å². The van der Waals surface area contributed by atoms with E-state index in [-0.39, 0.29) is 11.0 Å². The molecule has 1 aromatic heterocycles. The maximum atomic E-state index is 10.7. The summed E-state index contributed by atoms with van der Waals surface area (Å²) in [4.78, 5) is 18.9. The summed E-state index contributed by atoms with van der Waals surface area (Å²) in [6.07, 6.45) is -1.41. The maximum Gasteiger partial charge on any atom is 0.218 e. The third-order valence-electron chi connectivity index (χ3n) is 2.37.